The number of likely N-dealkylation sites (N-methyl/N-ethyl adjacent to an activating group) is 1. The number of rotatable bonds is 3. The monoisotopic (exact) mass is 147 g/mol. The van der Waals surface area contributed by atoms with Crippen molar-refractivity contribution in [3.63, 3.8) is 0 Å². The third kappa shape index (κ3) is 7.92. The molecule has 2 nitrogen and oxygen atoms in total. The Morgan fingerprint density at radius 2 is 1.70 bits per heavy atom. The summed E-state index contributed by atoms with van der Waals surface area (Å²) in [6.45, 7) is 10.7. The lowest BCUT2D eigenvalue weighted by molar-refractivity contribution is 0.154. The highest BCUT2D eigenvalue weighted by Crippen LogP contribution is 1.87. The first-order chi connectivity index (χ1) is 4.68. The summed E-state index contributed by atoms with van der Waals surface area (Å²) in [5.41, 5.74) is 0. The van der Waals surface area contributed by atoms with Gasteiger partial charge < -0.3 is 10.4 Å². The van der Waals surface area contributed by atoms with E-state index in [1.165, 1.54) is 0 Å². The molecular weight excluding hydrogens is 126 g/mol. The van der Waals surface area contributed by atoms with Crippen LogP contribution in [0.2, 0.25) is 0 Å². The highest BCUT2D eigenvalue weighted by Gasteiger charge is 2.04. The quantitative estimate of drug-likeness (QED) is 0.632. The molecule has 0 aliphatic rings. The molecule has 2 atom stereocenters. The van der Waals surface area contributed by atoms with E-state index in [0.29, 0.717) is 0 Å². The van der Waals surface area contributed by atoms with Gasteiger partial charge in [0.1, 0.15) is 0 Å². The first-order valence-electron chi connectivity index (χ1n) is 4.10. The van der Waals surface area contributed by atoms with Gasteiger partial charge in [-0.15, -0.1) is 0 Å². The lowest BCUT2D eigenvalue weighted by Crippen LogP contribution is -2.35. The molecule has 0 aliphatic carbocycles. The number of nitrogens with one attached hydrogen (secondary N) is 1. The van der Waals surface area contributed by atoms with Crippen molar-refractivity contribution >= 4 is 0 Å². The van der Waals surface area contributed by atoms with Gasteiger partial charge in [-0.25, -0.2) is 0 Å². The number of hydrogen-bond acceptors (Lipinski definition) is 2. The Hall–Kier alpha value is -0.0800. The van der Waals surface area contributed by atoms with Gasteiger partial charge in [0.2, 0.25) is 0 Å². The molecule has 2 N–H and O–H groups in total. The lowest BCUT2D eigenvalue weighted by Gasteiger charge is -2.14. The molecule has 0 heterocycles. The smallest absolute Gasteiger partial charge is 0.0662 e. The number of hydrogen-bond donors (Lipinski definition) is 2. The molecule has 0 saturated heterocycles. The molecule has 0 aromatic rings. The van der Waals surface area contributed by atoms with Crippen LogP contribution in [0, 0.1) is 0 Å². The van der Waals surface area contributed by atoms with Crippen molar-refractivity contribution in [2.45, 2.75) is 46.8 Å². The third-order valence-electron chi connectivity index (χ3n) is 1.25. The van der Waals surface area contributed by atoms with Gasteiger partial charge >= 0.3 is 0 Å². The zero-order chi connectivity index (χ0) is 8.57. The van der Waals surface area contributed by atoms with Gasteiger partial charge in [0.05, 0.1) is 6.10 Å². The summed E-state index contributed by atoms with van der Waals surface area (Å²) < 4.78 is 0. The summed E-state index contributed by atoms with van der Waals surface area (Å²) >= 11 is 0. The lowest BCUT2D eigenvalue weighted by atomic mass is 10.2. The van der Waals surface area contributed by atoms with E-state index in [1.54, 1.807) is 6.92 Å². The Balaban J connectivity index is 0. The van der Waals surface area contributed by atoms with Gasteiger partial charge in [-0.05, 0) is 20.4 Å². The van der Waals surface area contributed by atoms with Gasteiger partial charge in [-0.1, -0.05) is 20.8 Å². The fraction of sp³-hybridized carbons (Fsp3) is 1.00. The number of aliphatic hydroxyl groups is 1. The van der Waals surface area contributed by atoms with Gasteiger partial charge in [0.15, 0.2) is 0 Å². The van der Waals surface area contributed by atoms with E-state index in [9.17, 15) is 0 Å². The van der Waals surface area contributed by atoms with Gasteiger partial charge in [0, 0.05) is 6.04 Å². The maximum absolute atomic E-state index is 8.89. The molecule has 2 unspecified atom stereocenters. The van der Waals surface area contributed by atoms with Crippen molar-refractivity contribution in [3.8, 4) is 0 Å². The highest BCUT2D eigenvalue weighted by molar-refractivity contribution is 4.63. The Morgan fingerprint density at radius 1 is 1.30 bits per heavy atom. The van der Waals surface area contributed by atoms with Crippen molar-refractivity contribution < 1.29 is 5.11 Å². The van der Waals surface area contributed by atoms with E-state index in [0.717, 1.165) is 6.54 Å². The van der Waals surface area contributed by atoms with Gasteiger partial charge in [-0.3, -0.25) is 0 Å². The average Bonchev–Trinajstić information content (AvgIpc) is 1.93. The molecule has 0 bridgehead atoms. The highest BCUT2D eigenvalue weighted by atomic mass is 16.3. The summed E-state index contributed by atoms with van der Waals surface area (Å²) in [4.78, 5) is 0. The molecule has 10 heavy (non-hydrogen) atoms. The zero-order valence-electron chi connectivity index (χ0n) is 7.81. The molecule has 0 saturated carbocycles. The Morgan fingerprint density at radius 3 is 1.80 bits per heavy atom. The minimum absolute atomic E-state index is 0.222. The Labute approximate surface area is 64.6 Å². The SMILES string of the molecule is CC.CCNC(C)C(C)O. The molecule has 0 fully saturated rings. The average molecular weight is 147 g/mol. The predicted octanol–water partition coefficient (Wildman–Crippen LogP) is 1.39. The van der Waals surface area contributed by atoms with Crippen LogP contribution in [0.5, 0.6) is 0 Å². The molecule has 0 rings (SSSR count). The van der Waals surface area contributed by atoms with Crippen LogP contribution in [0.15, 0.2) is 0 Å². The topological polar surface area (TPSA) is 32.3 Å². The first kappa shape index (κ1) is 12.6. The molecular formula is C8H21NO. The van der Waals surface area contributed by atoms with Crippen LogP contribution in [0.1, 0.15) is 34.6 Å². The molecule has 0 aliphatic heterocycles. The molecule has 0 aromatic heterocycles. The van der Waals surface area contributed by atoms with Crippen molar-refractivity contribution in [3.05, 3.63) is 0 Å². The van der Waals surface area contributed by atoms with Crippen molar-refractivity contribution in [1.82, 2.24) is 5.32 Å². The van der Waals surface area contributed by atoms with Crippen LogP contribution >= 0.6 is 0 Å². The van der Waals surface area contributed by atoms with Gasteiger partial charge in [0.25, 0.3) is 0 Å². The summed E-state index contributed by atoms with van der Waals surface area (Å²) in [5.74, 6) is 0. The second kappa shape index (κ2) is 8.92. The van der Waals surface area contributed by atoms with Crippen LogP contribution in [0.3, 0.4) is 0 Å². The zero-order valence-corrected chi connectivity index (χ0v) is 7.81. The molecule has 64 valence electrons. The molecule has 0 radical (unpaired) electrons. The molecule has 0 spiro atoms. The third-order valence-corrected chi connectivity index (χ3v) is 1.25. The Bertz CT molecular complexity index is 55.2. The van der Waals surface area contributed by atoms with E-state index in [2.05, 4.69) is 5.32 Å². The minimum Gasteiger partial charge on any atom is -0.392 e. The molecule has 0 amide bonds. The number of aliphatic hydroxyl groups excluding tert-OH is 1. The van der Waals surface area contributed by atoms with E-state index >= 15 is 0 Å². The molecule has 0 aromatic carbocycles. The van der Waals surface area contributed by atoms with Crippen molar-refractivity contribution in [2.75, 3.05) is 6.54 Å². The summed E-state index contributed by atoms with van der Waals surface area (Å²) in [6.07, 6.45) is -0.241. The van der Waals surface area contributed by atoms with Crippen LogP contribution in [-0.2, 0) is 0 Å². The van der Waals surface area contributed by atoms with Crippen LogP contribution in [0.25, 0.3) is 0 Å². The first-order valence-corrected chi connectivity index (χ1v) is 4.10. The van der Waals surface area contributed by atoms with Crippen molar-refractivity contribution in [2.24, 2.45) is 0 Å². The van der Waals surface area contributed by atoms with E-state index in [1.807, 2.05) is 27.7 Å². The standard InChI is InChI=1S/C6H15NO.C2H6/c1-4-7-5(2)6(3)8;1-2/h5-8H,4H2,1-3H3;1-2H3. The Kier molecular flexibility index (Phi) is 11.2. The maximum Gasteiger partial charge on any atom is 0.0662 e. The second-order valence-corrected chi connectivity index (χ2v) is 2.09. The summed E-state index contributed by atoms with van der Waals surface area (Å²) in [5, 5.41) is 12.0. The fourth-order valence-electron chi connectivity index (χ4n) is 0.493. The normalized spacial score (nSPS) is 15.0. The van der Waals surface area contributed by atoms with E-state index < -0.39 is 0 Å². The van der Waals surface area contributed by atoms with E-state index in [-0.39, 0.29) is 12.1 Å². The van der Waals surface area contributed by atoms with Crippen molar-refractivity contribution in [1.29, 1.82) is 0 Å². The maximum atomic E-state index is 8.89. The van der Waals surface area contributed by atoms with Crippen LogP contribution in [-0.4, -0.2) is 23.8 Å². The van der Waals surface area contributed by atoms with Crippen LogP contribution in [0.4, 0.5) is 0 Å². The fourth-order valence-corrected chi connectivity index (χ4v) is 0.493. The second-order valence-electron chi connectivity index (χ2n) is 2.09. The predicted molar refractivity (Wildman–Crippen MR) is 46.2 cm³/mol. The summed E-state index contributed by atoms with van der Waals surface area (Å²) in [7, 11) is 0. The largest absolute Gasteiger partial charge is 0.392 e. The molecule has 2 heteroatoms. The van der Waals surface area contributed by atoms with Gasteiger partial charge in [-0.2, -0.15) is 0 Å². The van der Waals surface area contributed by atoms with E-state index in [4.69, 9.17) is 5.11 Å². The summed E-state index contributed by atoms with van der Waals surface area (Å²) in [6, 6.07) is 0.222. The van der Waals surface area contributed by atoms with Crippen LogP contribution < -0.4 is 5.32 Å². The minimum atomic E-state index is -0.241.